The Balaban J connectivity index is 2.19. The van der Waals surface area contributed by atoms with Crippen molar-refractivity contribution in [2.45, 2.75) is 75.6 Å². The van der Waals surface area contributed by atoms with Crippen LogP contribution in [0.2, 0.25) is 5.02 Å². The fourth-order valence-electron chi connectivity index (χ4n) is 4.20. The van der Waals surface area contributed by atoms with Gasteiger partial charge in [0.1, 0.15) is 4.90 Å². The summed E-state index contributed by atoms with van der Waals surface area (Å²) < 4.78 is 56.4. The highest BCUT2D eigenvalue weighted by Gasteiger charge is 2.35. The van der Waals surface area contributed by atoms with Crippen molar-refractivity contribution in [3.8, 4) is 0 Å². The van der Waals surface area contributed by atoms with Gasteiger partial charge >= 0.3 is 0 Å². The quantitative estimate of drug-likeness (QED) is 0.352. The molecular formula is C20H34ClN3O4S2. The second kappa shape index (κ2) is 10.3. The Morgan fingerprint density at radius 1 is 1.13 bits per heavy atom. The van der Waals surface area contributed by atoms with E-state index in [4.69, 9.17) is 11.6 Å². The molecule has 0 heterocycles. The minimum Gasteiger partial charge on any atom is -0.304 e. The summed E-state index contributed by atoms with van der Waals surface area (Å²) in [6, 6.07) is 3.52. The normalized spacial score (nSPS) is 22.2. The number of halogens is 1. The van der Waals surface area contributed by atoms with Gasteiger partial charge in [-0.15, -0.1) is 0 Å². The van der Waals surface area contributed by atoms with Crippen molar-refractivity contribution in [1.82, 2.24) is 14.8 Å². The van der Waals surface area contributed by atoms with Gasteiger partial charge in [-0.05, 0) is 61.8 Å². The molecule has 1 aromatic rings. The molecule has 30 heavy (non-hydrogen) atoms. The van der Waals surface area contributed by atoms with Crippen LogP contribution in [-0.4, -0.2) is 36.1 Å². The molecule has 2 atom stereocenters. The molecule has 0 saturated heterocycles. The fourth-order valence-corrected chi connectivity index (χ4v) is 7.02. The lowest BCUT2D eigenvalue weighted by atomic mass is 9.71. The van der Waals surface area contributed by atoms with E-state index in [0.717, 1.165) is 38.2 Å². The molecule has 0 bridgehead atoms. The van der Waals surface area contributed by atoms with Gasteiger partial charge in [0.05, 0.1) is 16.6 Å². The van der Waals surface area contributed by atoms with Crippen LogP contribution in [0.1, 0.15) is 59.8 Å². The molecule has 10 heteroatoms. The van der Waals surface area contributed by atoms with Gasteiger partial charge in [-0.1, -0.05) is 45.7 Å². The van der Waals surface area contributed by atoms with Crippen molar-refractivity contribution >= 4 is 31.6 Å². The first-order chi connectivity index (χ1) is 13.9. The number of unbranched alkanes of at least 4 members (excludes halogenated alkanes) is 1. The molecule has 0 amide bonds. The van der Waals surface area contributed by atoms with Crippen LogP contribution < -0.4 is 14.8 Å². The summed E-state index contributed by atoms with van der Waals surface area (Å²) in [4.78, 5) is -0.357. The minimum absolute atomic E-state index is 0.00867. The van der Waals surface area contributed by atoms with Crippen molar-refractivity contribution in [2.24, 2.45) is 11.3 Å². The Morgan fingerprint density at radius 3 is 2.47 bits per heavy atom. The van der Waals surface area contributed by atoms with Gasteiger partial charge in [-0.25, -0.2) is 21.6 Å². The fraction of sp³-hybridized carbons (Fsp3) is 0.700. The molecule has 0 aromatic heterocycles. The van der Waals surface area contributed by atoms with Crippen LogP contribution in [0.5, 0.6) is 0 Å². The third-order valence-corrected chi connectivity index (χ3v) is 8.71. The number of sulfonamides is 2. The lowest BCUT2D eigenvalue weighted by Gasteiger charge is -2.39. The van der Waals surface area contributed by atoms with Crippen LogP contribution in [0.15, 0.2) is 28.0 Å². The number of rotatable bonds is 10. The maximum absolute atomic E-state index is 13.0. The molecule has 1 saturated carbocycles. The van der Waals surface area contributed by atoms with Crippen molar-refractivity contribution in [1.29, 1.82) is 0 Å². The van der Waals surface area contributed by atoms with Crippen molar-refractivity contribution < 1.29 is 16.8 Å². The molecule has 3 N–H and O–H groups in total. The largest absolute Gasteiger partial charge is 0.304 e. The average Bonchev–Trinajstić information content (AvgIpc) is 2.59. The monoisotopic (exact) mass is 479 g/mol. The highest BCUT2D eigenvalue weighted by molar-refractivity contribution is 7.90. The molecule has 0 aliphatic heterocycles. The standard InChI is InChI=1S/C20H34ClN3O4S2/c1-5-6-9-22-14-23-29(25,26)17-7-8-18(21)19(11-17)30(27,28)24-16-10-15(2)12-20(3,4)13-16/h7-8,11,15-16,22-24H,5-6,9-10,12-14H2,1-4H3. The third kappa shape index (κ3) is 7.17. The Kier molecular flexibility index (Phi) is 8.75. The first-order valence-corrected chi connectivity index (χ1v) is 13.7. The average molecular weight is 480 g/mol. The Morgan fingerprint density at radius 2 is 1.83 bits per heavy atom. The topological polar surface area (TPSA) is 104 Å². The van der Waals surface area contributed by atoms with Gasteiger partial charge in [0.2, 0.25) is 20.0 Å². The summed E-state index contributed by atoms with van der Waals surface area (Å²) >= 11 is 6.15. The summed E-state index contributed by atoms with van der Waals surface area (Å²) in [5.74, 6) is 0.396. The number of hydrogen-bond donors (Lipinski definition) is 3. The molecule has 1 aliphatic rings. The van der Waals surface area contributed by atoms with Gasteiger partial charge < -0.3 is 5.32 Å². The summed E-state index contributed by atoms with van der Waals surface area (Å²) in [7, 11) is -7.84. The van der Waals surface area contributed by atoms with Gasteiger partial charge in [0.15, 0.2) is 0 Å². The highest BCUT2D eigenvalue weighted by Crippen LogP contribution is 2.39. The molecule has 1 aliphatic carbocycles. The van der Waals surface area contributed by atoms with Crippen molar-refractivity contribution in [3.05, 3.63) is 23.2 Å². The van der Waals surface area contributed by atoms with E-state index >= 15 is 0 Å². The van der Waals surface area contributed by atoms with Crippen LogP contribution in [-0.2, 0) is 20.0 Å². The highest BCUT2D eigenvalue weighted by atomic mass is 35.5. The maximum Gasteiger partial charge on any atom is 0.242 e. The Hall–Kier alpha value is -0.710. The second-order valence-corrected chi connectivity index (χ2v) is 12.9. The first kappa shape index (κ1) is 25.5. The van der Waals surface area contributed by atoms with E-state index in [9.17, 15) is 16.8 Å². The SMILES string of the molecule is CCCCNCNS(=O)(=O)c1ccc(Cl)c(S(=O)(=O)NC2CC(C)CC(C)(C)C2)c1. The van der Waals surface area contributed by atoms with Crippen LogP contribution in [0, 0.1) is 11.3 Å². The summed E-state index contributed by atoms with van der Waals surface area (Å²) in [5.41, 5.74) is 0.0362. The maximum atomic E-state index is 13.0. The number of hydrogen-bond acceptors (Lipinski definition) is 5. The van der Waals surface area contributed by atoms with Crippen LogP contribution in [0.25, 0.3) is 0 Å². The zero-order chi connectivity index (χ0) is 22.6. The van der Waals surface area contributed by atoms with E-state index in [2.05, 4.69) is 35.5 Å². The zero-order valence-electron chi connectivity index (χ0n) is 18.2. The predicted molar refractivity (Wildman–Crippen MR) is 120 cm³/mol. The summed E-state index contributed by atoms with van der Waals surface area (Å²) in [5, 5.41) is 2.98. The first-order valence-electron chi connectivity index (χ1n) is 10.4. The molecule has 7 nitrogen and oxygen atoms in total. The van der Waals surface area contributed by atoms with Crippen LogP contribution >= 0.6 is 11.6 Å². The molecular weight excluding hydrogens is 446 g/mol. The van der Waals surface area contributed by atoms with E-state index in [-0.39, 0.29) is 32.9 Å². The predicted octanol–water partition coefficient (Wildman–Crippen LogP) is 3.46. The van der Waals surface area contributed by atoms with E-state index < -0.39 is 20.0 Å². The van der Waals surface area contributed by atoms with E-state index in [1.165, 1.54) is 12.1 Å². The lowest BCUT2D eigenvalue weighted by Crippen LogP contribution is -2.43. The molecule has 1 fully saturated rings. The molecule has 0 spiro atoms. The van der Waals surface area contributed by atoms with Gasteiger partial charge in [-0.3, -0.25) is 0 Å². The molecule has 0 radical (unpaired) electrons. The lowest BCUT2D eigenvalue weighted by molar-refractivity contribution is 0.163. The van der Waals surface area contributed by atoms with Gasteiger partial charge in [-0.2, -0.15) is 4.72 Å². The molecule has 1 aromatic carbocycles. The van der Waals surface area contributed by atoms with E-state index in [1.54, 1.807) is 0 Å². The summed E-state index contributed by atoms with van der Waals surface area (Å²) in [6.45, 7) is 9.18. The van der Waals surface area contributed by atoms with Crippen LogP contribution in [0.4, 0.5) is 0 Å². The zero-order valence-corrected chi connectivity index (χ0v) is 20.6. The molecule has 2 rings (SSSR count). The molecule has 172 valence electrons. The van der Waals surface area contributed by atoms with E-state index in [0.29, 0.717) is 12.5 Å². The summed E-state index contributed by atoms with van der Waals surface area (Å²) in [6.07, 6.45) is 4.44. The smallest absolute Gasteiger partial charge is 0.242 e. The van der Waals surface area contributed by atoms with E-state index in [1.807, 2.05) is 6.92 Å². The van der Waals surface area contributed by atoms with Gasteiger partial charge in [0, 0.05) is 6.04 Å². The second-order valence-electron chi connectivity index (χ2n) is 9.00. The van der Waals surface area contributed by atoms with Crippen LogP contribution in [0.3, 0.4) is 0 Å². The number of nitrogens with one attached hydrogen (secondary N) is 3. The third-order valence-electron chi connectivity index (χ3n) is 5.31. The van der Waals surface area contributed by atoms with Gasteiger partial charge in [0.25, 0.3) is 0 Å². The Bertz CT molecular complexity index is 933. The van der Waals surface area contributed by atoms with Crippen molar-refractivity contribution in [2.75, 3.05) is 13.2 Å². The number of benzene rings is 1. The Labute approximate surface area is 186 Å². The minimum atomic E-state index is -3.97. The molecule has 2 unspecified atom stereocenters. The van der Waals surface area contributed by atoms with Crippen molar-refractivity contribution in [3.63, 3.8) is 0 Å².